The number of carbonyl (C=O) groups excluding carboxylic acids is 1. The normalized spacial score (nSPS) is 16.8. The van der Waals surface area contributed by atoms with Crippen LogP contribution in [0.15, 0.2) is 53.4 Å². The third kappa shape index (κ3) is 3.88. The molecule has 0 spiro atoms. The first-order valence-electron chi connectivity index (χ1n) is 8.02. The maximum absolute atomic E-state index is 12.7. The molecule has 1 unspecified atom stereocenters. The molecule has 1 amide bonds. The minimum absolute atomic E-state index is 0.120. The molecular weight excluding hydrogens is 433 g/mol. The molecule has 3 rings (SSSR count). The second-order valence-corrected chi connectivity index (χ2v) is 7.90. The number of unbranched alkanes of at least 4 members (excludes halogenated alkanes) is 1. The summed E-state index contributed by atoms with van der Waals surface area (Å²) in [7, 11) is 1.85. The fourth-order valence-corrected chi connectivity index (χ4v) is 4.47. The number of ether oxygens (including phenoxy) is 1. The van der Waals surface area contributed by atoms with Crippen LogP contribution < -0.4 is 9.64 Å². The fourth-order valence-electron chi connectivity index (χ4n) is 2.64. The molecule has 1 aliphatic heterocycles. The highest BCUT2D eigenvalue weighted by molar-refractivity contribution is 14.1. The lowest BCUT2D eigenvalue weighted by Gasteiger charge is -2.31. The number of hydrogen-bond donors (Lipinski definition) is 0. The highest BCUT2D eigenvalue weighted by Gasteiger charge is 2.32. The van der Waals surface area contributed by atoms with Crippen molar-refractivity contribution in [3.8, 4) is 5.75 Å². The van der Waals surface area contributed by atoms with Crippen LogP contribution in [0.2, 0.25) is 0 Å². The maximum Gasteiger partial charge on any atom is 0.244 e. The number of carbonyl (C=O) groups is 1. The van der Waals surface area contributed by atoms with Crippen molar-refractivity contribution in [2.75, 3.05) is 23.0 Å². The number of para-hydroxylation sites is 1. The summed E-state index contributed by atoms with van der Waals surface area (Å²) in [4.78, 5) is 15.6. The van der Waals surface area contributed by atoms with E-state index >= 15 is 0 Å². The third-order valence-electron chi connectivity index (χ3n) is 4.01. The number of nitrogens with zero attached hydrogens (tertiary/aromatic N) is 1. The summed E-state index contributed by atoms with van der Waals surface area (Å²) in [5.74, 6) is 0.989. The summed E-state index contributed by atoms with van der Waals surface area (Å²) in [5.41, 5.74) is 2.00. The van der Waals surface area contributed by atoms with Gasteiger partial charge in [0.2, 0.25) is 5.91 Å². The Labute approximate surface area is 160 Å². The number of anilines is 1. The molecule has 0 bridgehead atoms. The van der Waals surface area contributed by atoms with Crippen molar-refractivity contribution in [2.24, 2.45) is 0 Å². The molecule has 0 N–H and O–H groups in total. The Hall–Kier alpha value is -1.21. The molecule has 1 atom stereocenters. The third-order valence-corrected chi connectivity index (χ3v) is 6.08. The van der Waals surface area contributed by atoms with Crippen molar-refractivity contribution in [1.29, 1.82) is 0 Å². The summed E-state index contributed by atoms with van der Waals surface area (Å²) < 4.78 is 6.91. The van der Waals surface area contributed by atoms with Crippen LogP contribution in [0.25, 0.3) is 0 Å². The molecule has 3 nitrogen and oxygen atoms in total. The summed E-state index contributed by atoms with van der Waals surface area (Å²) >= 11 is 4.00. The SMILES string of the molecule is CN1C(=O)C(c2ccc(OCCCCI)cc2)Sc2ccccc21. The quantitative estimate of drug-likeness (QED) is 0.347. The van der Waals surface area contributed by atoms with Crippen LogP contribution >= 0.6 is 34.4 Å². The van der Waals surface area contributed by atoms with Crippen LogP contribution in [0, 0.1) is 0 Å². The van der Waals surface area contributed by atoms with Gasteiger partial charge in [-0.05, 0) is 47.1 Å². The highest BCUT2D eigenvalue weighted by Crippen LogP contribution is 2.45. The summed E-state index contributed by atoms with van der Waals surface area (Å²) in [6, 6.07) is 16.0. The molecule has 0 radical (unpaired) electrons. The lowest BCUT2D eigenvalue weighted by atomic mass is 10.1. The van der Waals surface area contributed by atoms with Gasteiger partial charge in [-0.15, -0.1) is 11.8 Å². The number of likely N-dealkylation sites (N-methyl/N-ethyl adjacent to an activating group) is 1. The Morgan fingerprint density at radius 1 is 1.12 bits per heavy atom. The molecule has 2 aromatic rings. The molecule has 0 saturated carbocycles. The highest BCUT2D eigenvalue weighted by atomic mass is 127. The Morgan fingerprint density at radius 3 is 2.62 bits per heavy atom. The molecule has 24 heavy (non-hydrogen) atoms. The van der Waals surface area contributed by atoms with Crippen LogP contribution in [-0.2, 0) is 4.79 Å². The van der Waals surface area contributed by atoms with Gasteiger partial charge in [-0.1, -0.05) is 46.9 Å². The molecule has 1 aliphatic rings. The van der Waals surface area contributed by atoms with E-state index in [4.69, 9.17) is 4.74 Å². The fraction of sp³-hybridized carbons (Fsp3) is 0.316. The van der Waals surface area contributed by atoms with Crippen molar-refractivity contribution in [1.82, 2.24) is 0 Å². The molecule has 5 heteroatoms. The van der Waals surface area contributed by atoms with E-state index in [1.807, 2.05) is 49.5 Å². The molecule has 0 fully saturated rings. The second kappa shape index (κ2) is 8.25. The van der Waals surface area contributed by atoms with Gasteiger partial charge in [0.15, 0.2) is 0 Å². The standard InChI is InChI=1S/C19H20INO2S/c1-21-16-6-2-3-7-17(16)24-18(19(21)22)14-8-10-15(11-9-14)23-13-5-4-12-20/h2-3,6-11,18H,4-5,12-13H2,1H3. The predicted molar refractivity (Wildman–Crippen MR) is 109 cm³/mol. The number of benzene rings is 2. The predicted octanol–water partition coefficient (Wildman–Crippen LogP) is 5.09. The molecular formula is C19H20INO2S. The molecule has 126 valence electrons. The first kappa shape index (κ1) is 17.6. The second-order valence-electron chi connectivity index (χ2n) is 5.68. The topological polar surface area (TPSA) is 29.5 Å². The Kier molecular flexibility index (Phi) is 6.05. The lowest BCUT2D eigenvalue weighted by Crippen LogP contribution is -2.33. The number of alkyl halides is 1. The molecule has 1 heterocycles. The Balaban J connectivity index is 1.71. The van der Waals surface area contributed by atoms with Gasteiger partial charge in [0, 0.05) is 11.9 Å². The van der Waals surface area contributed by atoms with E-state index in [1.165, 1.54) is 6.42 Å². The van der Waals surface area contributed by atoms with E-state index in [0.717, 1.165) is 39.4 Å². The van der Waals surface area contributed by atoms with Gasteiger partial charge in [0.1, 0.15) is 11.0 Å². The van der Waals surface area contributed by atoms with Crippen molar-refractivity contribution >= 4 is 45.9 Å². The average molecular weight is 453 g/mol. The van der Waals surface area contributed by atoms with Crippen molar-refractivity contribution in [3.63, 3.8) is 0 Å². The van der Waals surface area contributed by atoms with Crippen LogP contribution in [0.3, 0.4) is 0 Å². The van der Waals surface area contributed by atoms with Gasteiger partial charge in [-0.25, -0.2) is 0 Å². The van der Waals surface area contributed by atoms with E-state index in [9.17, 15) is 4.79 Å². The molecule has 0 saturated heterocycles. The van der Waals surface area contributed by atoms with Gasteiger partial charge in [0.05, 0.1) is 12.3 Å². The van der Waals surface area contributed by atoms with Crippen molar-refractivity contribution in [2.45, 2.75) is 23.0 Å². The van der Waals surface area contributed by atoms with Crippen LogP contribution in [0.5, 0.6) is 5.75 Å². The molecule has 0 aromatic heterocycles. The smallest absolute Gasteiger partial charge is 0.244 e. The lowest BCUT2D eigenvalue weighted by molar-refractivity contribution is -0.118. The van der Waals surface area contributed by atoms with E-state index in [2.05, 4.69) is 28.7 Å². The van der Waals surface area contributed by atoms with E-state index < -0.39 is 0 Å². The first-order chi connectivity index (χ1) is 11.7. The average Bonchev–Trinajstić information content (AvgIpc) is 2.62. The number of halogens is 1. The van der Waals surface area contributed by atoms with Crippen molar-refractivity contribution < 1.29 is 9.53 Å². The Bertz CT molecular complexity index is 705. The zero-order valence-corrected chi connectivity index (χ0v) is 16.5. The van der Waals surface area contributed by atoms with E-state index in [1.54, 1.807) is 16.7 Å². The summed E-state index contributed by atoms with van der Waals surface area (Å²) in [6.07, 6.45) is 2.25. The molecule has 0 aliphatic carbocycles. The van der Waals surface area contributed by atoms with Crippen LogP contribution in [0.4, 0.5) is 5.69 Å². The van der Waals surface area contributed by atoms with E-state index in [-0.39, 0.29) is 11.2 Å². The summed E-state index contributed by atoms with van der Waals surface area (Å²) in [5, 5.41) is -0.196. The van der Waals surface area contributed by atoms with Crippen LogP contribution in [0.1, 0.15) is 23.7 Å². The first-order valence-corrected chi connectivity index (χ1v) is 10.4. The number of fused-ring (bicyclic) bond motifs is 1. The van der Waals surface area contributed by atoms with Gasteiger partial charge in [0.25, 0.3) is 0 Å². The minimum atomic E-state index is -0.196. The Morgan fingerprint density at radius 2 is 1.88 bits per heavy atom. The number of amides is 1. The summed E-state index contributed by atoms with van der Waals surface area (Å²) in [6.45, 7) is 0.746. The van der Waals surface area contributed by atoms with E-state index in [0.29, 0.717) is 0 Å². The maximum atomic E-state index is 12.7. The zero-order valence-electron chi connectivity index (χ0n) is 13.6. The number of hydrogen-bond acceptors (Lipinski definition) is 3. The van der Waals surface area contributed by atoms with Gasteiger partial charge in [-0.3, -0.25) is 4.79 Å². The largest absolute Gasteiger partial charge is 0.494 e. The van der Waals surface area contributed by atoms with Gasteiger partial charge in [-0.2, -0.15) is 0 Å². The monoisotopic (exact) mass is 453 g/mol. The van der Waals surface area contributed by atoms with Crippen LogP contribution in [-0.4, -0.2) is 24.0 Å². The van der Waals surface area contributed by atoms with Gasteiger partial charge < -0.3 is 9.64 Å². The molecule has 2 aromatic carbocycles. The van der Waals surface area contributed by atoms with Gasteiger partial charge >= 0.3 is 0 Å². The number of thioether (sulfide) groups is 1. The minimum Gasteiger partial charge on any atom is -0.494 e. The zero-order chi connectivity index (χ0) is 16.9. The van der Waals surface area contributed by atoms with Crippen molar-refractivity contribution in [3.05, 3.63) is 54.1 Å². The number of rotatable bonds is 6.